The number of carbonyl (C=O) groups excluding carboxylic acids is 3. The van der Waals surface area contributed by atoms with E-state index in [1.54, 1.807) is 18.2 Å². The van der Waals surface area contributed by atoms with Crippen LogP contribution >= 0.6 is 0 Å². The topological polar surface area (TPSA) is 84.5 Å². The maximum Gasteiger partial charge on any atom is 0.258 e. The van der Waals surface area contributed by atoms with Gasteiger partial charge in [0.1, 0.15) is 5.75 Å². The van der Waals surface area contributed by atoms with Crippen molar-refractivity contribution in [3.8, 4) is 5.75 Å². The van der Waals surface area contributed by atoms with Gasteiger partial charge in [0.15, 0.2) is 12.4 Å². The van der Waals surface area contributed by atoms with Crippen LogP contribution in [0.5, 0.6) is 5.75 Å². The van der Waals surface area contributed by atoms with E-state index >= 15 is 0 Å². The van der Waals surface area contributed by atoms with Crippen molar-refractivity contribution in [3.05, 3.63) is 23.8 Å². The SMILES string of the molecule is CCCC(=O)Nc1ccc(OCC(=O)NC(CC)CC)c(C(C)=O)c1. The van der Waals surface area contributed by atoms with Crippen molar-refractivity contribution in [2.75, 3.05) is 11.9 Å². The van der Waals surface area contributed by atoms with Gasteiger partial charge in [-0.15, -0.1) is 0 Å². The molecule has 0 aliphatic carbocycles. The molecular weight excluding hydrogens is 320 g/mol. The molecular formula is C19H28N2O4. The second kappa shape index (κ2) is 10.5. The molecule has 0 aromatic heterocycles. The summed E-state index contributed by atoms with van der Waals surface area (Å²) in [7, 11) is 0. The minimum absolute atomic E-state index is 0.102. The number of benzene rings is 1. The summed E-state index contributed by atoms with van der Waals surface area (Å²) in [4.78, 5) is 35.5. The Bertz CT molecular complexity index is 609. The lowest BCUT2D eigenvalue weighted by molar-refractivity contribution is -0.123. The number of amides is 2. The zero-order valence-electron chi connectivity index (χ0n) is 15.5. The summed E-state index contributed by atoms with van der Waals surface area (Å²) in [6.45, 7) is 7.20. The molecule has 138 valence electrons. The van der Waals surface area contributed by atoms with Gasteiger partial charge in [-0.3, -0.25) is 14.4 Å². The van der Waals surface area contributed by atoms with Crippen LogP contribution in [0, 0.1) is 0 Å². The quantitative estimate of drug-likeness (QED) is 0.635. The van der Waals surface area contributed by atoms with Crippen molar-refractivity contribution >= 4 is 23.3 Å². The van der Waals surface area contributed by atoms with E-state index in [-0.39, 0.29) is 30.2 Å². The average Bonchev–Trinajstić information content (AvgIpc) is 2.58. The van der Waals surface area contributed by atoms with Crippen LogP contribution in [0.3, 0.4) is 0 Å². The monoisotopic (exact) mass is 348 g/mol. The molecule has 0 radical (unpaired) electrons. The highest BCUT2D eigenvalue weighted by molar-refractivity contribution is 5.99. The second-order valence-corrected chi connectivity index (χ2v) is 5.93. The zero-order chi connectivity index (χ0) is 18.8. The van der Waals surface area contributed by atoms with Crippen LogP contribution in [-0.4, -0.2) is 30.2 Å². The Kier molecular flexibility index (Phi) is 8.67. The standard InChI is InChI=1S/C19H28N2O4/c1-5-8-18(23)21-15-9-10-17(16(11-15)13(4)22)25-12-19(24)20-14(6-2)7-3/h9-11,14H,5-8,12H2,1-4H3,(H,20,24)(H,21,23). The molecule has 25 heavy (non-hydrogen) atoms. The molecule has 0 spiro atoms. The Labute approximate surface area is 149 Å². The van der Waals surface area contributed by atoms with Crippen LogP contribution in [-0.2, 0) is 9.59 Å². The van der Waals surface area contributed by atoms with Crippen molar-refractivity contribution in [2.24, 2.45) is 0 Å². The molecule has 0 heterocycles. The van der Waals surface area contributed by atoms with E-state index in [4.69, 9.17) is 4.74 Å². The van der Waals surface area contributed by atoms with Crippen molar-refractivity contribution in [1.29, 1.82) is 0 Å². The van der Waals surface area contributed by atoms with Crippen molar-refractivity contribution in [2.45, 2.75) is 59.4 Å². The third kappa shape index (κ3) is 6.95. The average molecular weight is 348 g/mol. The maximum absolute atomic E-state index is 11.9. The first-order valence-electron chi connectivity index (χ1n) is 8.78. The molecule has 1 rings (SSSR count). The molecule has 6 heteroatoms. The Morgan fingerprint density at radius 1 is 1.08 bits per heavy atom. The van der Waals surface area contributed by atoms with Gasteiger partial charge in [-0.2, -0.15) is 0 Å². The van der Waals surface area contributed by atoms with Gasteiger partial charge in [0.2, 0.25) is 5.91 Å². The molecule has 2 amide bonds. The molecule has 0 aliphatic heterocycles. The molecule has 1 aromatic rings. The smallest absolute Gasteiger partial charge is 0.258 e. The largest absolute Gasteiger partial charge is 0.483 e. The predicted octanol–water partition coefficient (Wildman–Crippen LogP) is 3.31. The normalized spacial score (nSPS) is 10.4. The van der Waals surface area contributed by atoms with Gasteiger partial charge in [-0.05, 0) is 44.4 Å². The van der Waals surface area contributed by atoms with Gasteiger partial charge in [-0.25, -0.2) is 0 Å². The first-order valence-corrected chi connectivity index (χ1v) is 8.78. The highest BCUT2D eigenvalue weighted by Crippen LogP contribution is 2.23. The van der Waals surface area contributed by atoms with Gasteiger partial charge in [0, 0.05) is 18.2 Å². The number of ketones is 1. The van der Waals surface area contributed by atoms with Crippen molar-refractivity contribution < 1.29 is 19.1 Å². The summed E-state index contributed by atoms with van der Waals surface area (Å²) in [5.41, 5.74) is 0.877. The summed E-state index contributed by atoms with van der Waals surface area (Å²) < 4.78 is 5.51. The number of hydrogen-bond donors (Lipinski definition) is 2. The number of nitrogens with one attached hydrogen (secondary N) is 2. The minimum Gasteiger partial charge on any atom is -0.483 e. The molecule has 1 aromatic carbocycles. The van der Waals surface area contributed by atoms with E-state index in [1.165, 1.54) is 6.92 Å². The summed E-state index contributed by atoms with van der Waals surface area (Å²) in [5.74, 6) is -0.179. The van der Waals surface area contributed by atoms with Crippen molar-refractivity contribution in [1.82, 2.24) is 5.32 Å². The van der Waals surface area contributed by atoms with E-state index in [0.29, 0.717) is 23.4 Å². The molecule has 0 saturated heterocycles. The first kappa shape index (κ1) is 20.7. The highest BCUT2D eigenvalue weighted by atomic mass is 16.5. The fourth-order valence-corrected chi connectivity index (χ4v) is 2.36. The number of ether oxygens (including phenoxy) is 1. The molecule has 2 N–H and O–H groups in total. The van der Waals surface area contributed by atoms with Gasteiger partial charge >= 0.3 is 0 Å². The summed E-state index contributed by atoms with van der Waals surface area (Å²) in [5, 5.41) is 5.63. The van der Waals surface area contributed by atoms with Gasteiger partial charge in [0.25, 0.3) is 5.91 Å². The van der Waals surface area contributed by atoms with Crippen LogP contribution in [0.15, 0.2) is 18.2 Å². The number of carbonyl (C=O) groups is 3. The second-order valence-electron chi connectivity index (χ2n) is 5.93. The summed E-state index contributed by atoms with van der Waals surface area (Å²) in [6, 6.07) is 4.96. The number of rotatable bonds is 10. The van der Waals surface area contributed by atoms with E-state index < -0.39 is 0 Å². The molecule has 6 nitrogen and oxygen atoms in total. The molecule has 0 saturated carbocycles. The number of Topliss-reactive ketones (excluding diaryl/α,β-unsaturated/α-hetero) is 1. The Morgan fingerprint density at radius 2 is 1.76 bits per heavy atom. The Hall–Kier alpha value is -2.37. The molecule has 0 aliphatic rings. The Morgan fingerprint density at radius 3 is 2.32 bits per heavy atom. The lowest BCUT2D eigenvalue weighted by atomic mass is 10.1. The van der Waals surface area contributed by atoms with Crippen LogP contribution < -0.4 is 15.4 Å². The van der Waals surface area contributed by atoms with Crippen LogP contribution in [0.1, 0.15) is 63.7 Å². The van der Waals surface area contributed by atoms with Gasteiger partial charge in [-0.1, -0.05) is 20.8 Å². The van der Waals surface area contributed by atoms with Crippen LogP contribution in [0.2, 0.25) is 0 Å². The van der Waals surface area contributed by atoms with Gasteiger partial charge < -0.3 is 15.4 Å². The van der Waals surface area contributed by atoms with Crippen molar-refractivity contribution in [3.63, 3.8) is 0 Å². The zero-order valence-corrected chi connectivity index (χ0v) is 15.5. The predicted molar refractivity (Wildman–Crippen MR) is 98.0 cm³/mol. The molecule has 0 fully saturated rings. The summed E-state index contributed by atoms with van der Waals surface area (Å²) in [6.07, 6.45) is 2.88. The minimum atomic E-state index is -0.219. The fourth-order valence-electron chi connectivity index (χ4n) is 2.36. The summed E-state index contributed by atoms with van der Waals surface area (Å²) >= 11 is 0. The third-order valence-electron chi connectivity index (χ3n) is 3.83. The molecule has 0 atom stereocenters. The lowest BCUT2D eigenvalue weighted by Crippen LogP contribution is -2.37. The van der Waals surface area contributed by atoms with E-state index in [9.17, 15) is 14.4 Å². The van der Waals surface area contributed by atoms with E-state index in [1.807, 2.05) is 20.8 Å². The van der Waals surface area contributed by atoms with E-state index in [0.717, 1.165) is 19.3 Å². The Balaban J connectivity index is 2.77. The van der Waals surface area contributed by atoms with Crippen LogP contribution in [0.4, 0.5) is 5.69 Å². The molecule has 0 unspecified atom stereocenters. The van der Waals surface area contributed by atoms with Gasteiger partial charge in [0.05, 0.1) is 5.56 Å². The fraction of sp³-hybridized carbons (Fsp3) is 0.526. The lowest BCUT2D eigenvalue weighted by Gasteiger charge is -2.16. The number of anilines is 1. The third-order valence-corrected chi connectivity index (χ3v) is 3.83. The van der Waals surface area contributed by atoms with E-state index in [2.05, 4.69) is 10.6 Å². The maximum atomic E-state index is 11.9. The van der Waals surface area contributed by atoms with Crippen LogP contribution in [0.25, 0.3) is 0 Å². The highest BCUT2D eigenvalue weighted by Gasteiger charge is 2.14. The first-order chi connectivity index (χ1) is 11.9. The number of hydrogen-bond acceptors (Lipinski definition) is 4. The molecule has 0 bridgehead atoms.